The fraction of sp³-hybridized carbons (Fsp3) is 0.500. The van der Waals surface area contributed by atoms with Crippen LogP contribution in [-0.4, -0.2) is 21.0 Å². The third-order valence-electron chi connectivity index (χ3n) is 2.51. The molecule has 7 heteroatoms. The van der Waals surface area contributed by atoms with Gasteiger partial charge in [0.05, 0.1) is 12.2 Å². The molecule has 0 aliphatic heterocycles. The van der Waals surface area contributed by atoms with Crippen molar-refractivity contribution >= 4 is 37.0 Å². The van der Waals surface area contributed by atoms with Crippen molar-refractivity contribution in [2.24, 2.45) is 5.92 Å². The van der Waals surface area contributed by atoms with E-state index in [0.29, 0.717) is 12.5 Å². The molecular weight excluding hydrogens is 284 g/mol. The highest BCUT2D eigenvalue weighted by Gasteiger charge is 2.22. The van der Waals surface area contributed by atoms with E-state index in [1.165, 1.54) is 24.3 Å². The molecule has 1 saturated carbocycles. The minimum atomic E-state index is -3.76. The summed E-state index contributed by atoms with van der Waals surface area (Å²) in [5.41, 5.74) is 0.241. The molecule has 0 radical (unpaired) electrons. The van der Waals surface area contributed by atoms with Crippen molar-refractivity contribution in [1.29, 1.82) is 0 Å². The number of hydrogen-bond donors (Lipinski definition) is 0. The van der Waals surface area contributed by atoms with Crippen LogP contribution in [0.15, 0.2) is 15.7 Å². The number of hydrogen-bond acceptors (Lipinski definition) is 5. The van der Waals surface area contributed by atoms with Crippen LogP contribution in [0.4, 0.5) is 0 Å². The number of ether oxygens (including phenoxy) is 1. The third kappa shape index (κ3) is 3.69. The van der Waals surface area contributed by atoms with Crippen LogP contribution >= 0.6 is 22.0 Å². The Morgan fingerprint density at radius 3 is 2.76 bits per heavy atom. The maximum absolute atomic E-state index is 11.5. The normalized spacial score (nSPS) is 15.8. The topological polar surface area (TPSA) is 60.4 Å². The first-order valence-corrected chi connectivity index (χ1v) is 8.36. The third-order valence-corrected chi connectivity index (χ3v) is 5.55. The summed E-state index contributed by atoms with van der Waals surface area (Å²) in [5, 5.41) is 1.44. The standard InChI is InChI=1S/C10H11ClO4S2/c11-17(13,14)9-5-8(6-16-9)10(12)15-4-3-7-1-2-7/h5-7H,1-4H2. The molecule has 1 aliphatic carbocycles. The van der Waals surface area contributed by atoms with Gasteiger partial charge in [0.2, 0.25) is 0 Å². The quantitative estimate of drug-likeness (QED) is 0.619. The van der Waals surface area contributed by atoms with Crippen LogP contribution in [0.25, 0.3) is 0 Å². The van der Waals surface area contributed by atoms with E-state index in [9.17, 15) is 13.2 Å². The second-order valence-electron chi connectivity index (χ2n) is 3.96. The Kier molecular flexibility index (Phi) is 3.75. The van der Waals surface area contributed by atoms with Crippen molar-refractivity contribution in [3.05, 3.63) is 17.0 Å². The van der Waals surface area contributed by atoms with Crippen LogP contribution < -0.4 is 0 Å². The van der Waals surface area contributed by atoms with E-state index in [-0.39, 0.29) is 9.77 Å². The van der Waals surface area contributed by atoms with Crippen molar-refractivity contribution in [3.8, 4) is 0 Å². The maximum Gasteiger partial charge on any atom is 0.339 e. The van der Waals surface area contributed by atoms with Crippen LogP contribution in [0.3, 0.4) is 0 Å². The van der Waals surface area contributed by atoms with E-state index >= 15 is 0 Å². The van der Waals surface area contributed by atoms with E-state index in [1.54, 1.807) is 0 Å². The lowest BCUT2D eigenvalue weighted by Gasteiger charge is -2.01. The Hall–Kier alpha value is -0.590. The van der Waals surface area contributed by atoms with Gasteiger partial charge >= 0.3 is 5.97 Å². The van der Waals surface area contributed by atoms with Gasteiger partial charge < -0.3 is 4.74 Å². The number of thiophene rings is 1. The smallest absolute Gasteiger partial charge is 0.339 e. The molecule has 4 nitrogen and oxygen atoms in total. The van der Waals surface area contributed by atoms with Gasteiger partial charge in [0.25, 0.3) is 9.05 Å². The minimum Gasteiger partial charge on any atom is -0.462 e. The summed E-state index contributed by atoms with van der Waals surface area (Å²) < 4.78 is 27.0. The molecule has 0 spiro atoms. The lowest BCUT2D eigenvalue weighted by Crippen LogP contribution is -2.05. The Morgan fingerprint density at radius 2 is 2.24 bits per heavy atom. The summed E-state index contributed by atoms with van der Waals surface area (Å²) in [4.78, 5) is 11.5. The summed E-state index contributed by atoms with van der Waals surface area (Å²) in [6, 6.07) is 1.24. The number of carbonyl (C=O) groups is 1. The zero-order valence-electron chi connectivity index (χ0n) is 8.89. The highest BCUT2D eigenvalue weighted by atomic mass is 35.7. The summed E-state index contributed by atoms with van der Waals surface area (Å²) in [6.07, 6.45) is 3.31. The first-order chi connectivity index (χ1) is 7.97. The molecule has 0 aromatic carbocycles. The summed E-state index contributed by atoms with van der Waals surface area (Å²) in [6.45, 7) is 0.391. The number of halogens is 1. The lowest BCUT2D eigenvalue weighted by atomic mass is 10.3. The molecule has 1 aliphatic rings. The SMILES string of the molecule is O=C(OCCC1CC1)c1csc(S(=O)(=O)Cl)c1. The predicted molar refractivity (Wildman–Crippen MR) is 65.0 cm³/mol. The van der Waals surface area contributed by atoms with Crippen molar-refractivity contribution in [3.63, 3.8) is 0 Å². The number of rotatable bonds is 5. The molecule has 94 valence electrons. The van der Waals surface area contributed by atoms with Gasteiger partial charge in [0.1, 0.15) is 4.21 Å². The van der Waals surface area contributed by atoms with E-state index in [4.69, 9.17) is 15.4 Å². The van der Waals surface area contributed by atoms with Gasteiger partial charge in [0, 0.05) is 16.1 Å². The summed E-state index contributed by atoms with van der Waals surface area (Å²) in [7, 11) is 1.40. The molecular formula is C10H11ClO4S2. The van der Waals surface area contributed by atoms with Gasteiger partial charge in [-0.2, -0.15) is 0 Å². The second-order valence-corrected chi connectivity index (χ2v) is 7.66. The molecule has 0 N–H and O–H groups in total. The average molecular weight is 295 g/mol. The van der Waals surface area contributed by atoms with Crippen LogP contribution in [0.5, 0.6) is 0 Å². The Labute approximate surface area is 108 Å². The Morgan fingerprint density at radius 1 is 1.53 bits per heavy atom. The minimum absolute atomic E-state index is 0.0340. The fourth-order valence-corrected chi connectivity index (χ4v) is 3.29. The van der Waals surface area contributed by atoms with Crippen molar-refractivity contribution in [2.75, 3.05) is 6.61 Å². The summed E-state index contributed by atoms with van der Waals surface area (Å²) in [5.74, 6) is 0.206. The molecule has 0 saturated heterocycles. The average Bonchev–Trinajstić information content (AvgIpc) is 2.91. The largest absolute Gasteiger partial charge is 0.462 e. The Balaban J connectivity index is 1.91. The van der Waals surface area contributed by atoms with Gasteiger partial charge in [-0.25, -0.2) is 13.2 Å². The monoisotopic (exact) mass is 294 g/mol. The highest BCUT2D eigenvalue weighted by molar-refractivity contribution is 8.15. The molecule has 2 rings (SSSR count). The fourth-order valence-electron chi connectivity index (χ4n) is 1.36. The molecule has 0 atom stereocenters. The molecule has 1 aromatic heterocycles. The van der Waals surface area contributed by atoms with E-state index < -0.39 is 15.0 Å². The van der Waals surface area contributed by atoms with E-state index in [1.807, 2.05) is 0 Å². The van der Waals surface area contributed by atoms with E-state index in [2.05, 4.69) is 0 Å². The number of carbonyl (C=O) groups excluding carboxylic acids is 1. The van der Waals surface area contributed by atoms with Crippen molar-refractivity contribution < 1.29 is 17.9 Å². The zero-order chi connectivity index (χ0) is 12.5. The van der Waals surface area contributed by atoms with Crippen LogP contribution in [-0.2, 0) is 13.8 Å². The van der Waals surface area contributed by atoms with Gasteiger partial charge in [-0.3, -0.25) is 0 Å². The molecule has 1 heterocycles. The summed E-state index contributed by atoms with van der Waals surface area (Å²) >= 11 is 0.916. The maximum atomic E-state index is 11.5. The first-order valence-electron chi connectivity index (χ1n) is 5.17. The Bertz CT molecular complexity index is 516. The second kappa shape index (κ2) is 4.96. The molecule has 17 heavy (non-hydrogen) atoms. The van der Waals surface area contributed by atoms with Gasteiger partial charge in [-0.1, -0.05) is 12.8 Å². The first kappa shape index (κ1) is 12.9. The lowest BCUT2D eigenvalue weighted by molar-refractivity contribution is 0.0495. The molecule has 1 fully saturated rings. The van der Waals surface area contributed by atoms with Crippen molar-refractivity contribution in [2.45, 2.75) is 23.5 Å². The van der Waals surface area contributed by atoms with E-state index in [0.717, 1.165) is 17.8 Å². The van der Waals surface area contributed by atoms with Gasteiger partial charge in [-0.15, -0.1) is 11.3 Å². The van der Waals surface area contributed by atoms with Crippen LogP contribution in [0, 0.1) is 5.92 Å². The van der Waals surface area contributed by atoms with Crippen LogP contribution in [0.2, 0.25) is 0 Å². The zero-order valence-corrected chi connectivity index (χ0v) is 11.3. The van der Waals surface area contributed by atoms with Crippen molar-refractivity contribution in [1.82, 2.24) is 0 Å². The molecule has 0 bridgehead atoms. The van der Waals surface area contributed by atoms with Crippen LogP contribution in [0.1, 0.15) is 29.6 Å². The molecule has 1 aromatic rings. The van der Waals surface area contributed by atoms with Gasteiger partial charge in [0.15, 0.2) is 0 Å². The highest BCUT2D eigenvalue weighted by Crippen LogP contribution is 2.32. The number of esters is 1. The molecule has 0 unspecified atom stereocenters. The predicted octanol–water partition coefficient (Wildman–Crippen LogP) is 2.63. The van der Waals surface area contributed by atoms with Gasteiger partial charge in [-0.05, 0) is 18.4 Å². The molecule has 0 amide bonds.